The van der Waals surface area contributed by atoms with Gasteiger partial charge in [-0.05, 0) is 54.6 Å². The molecule has 0 spiro atoms. The second-order valence-corrected chi connectivity index (χ2v) is 9.65. The van der Waals surface area contributed by atoms with Crippen LogP contribution in [0.4, 0.5) is 10.5 Å². The lowest BCUT2D eigenvalue weighted by molar-refractivity contribution is -0.385. The highest BCUT2D eigenvalue weighted by Crippen LogP contribution is 2.36. The van der Waals surface area contributed by atoms with E-state index >= 15 is 0 Å². The number of nitro groups is 1. The number of hydrogen-bond donors (Lipinski definition) is 0. The molecule has 0 aliphatic carbocycles. The van der Waals surface area contributed by atoms with Crippen LogP contribution in [0.15, 0.2) is 65.6 Å². The van der Waals surface area contributed by atoms with Crippen molar-refractivity contribution in [1.29, 1.82) is 0 Å². The zero-order chi connectivity index (χ0) is 26.5. The number of thioether (sulfide) groups is 1. The maximum atomic E-state index is 13.0. The van der Waals surface area contributed by atoms with Crippen LogP contribution in [0.2, 0.25) is 10.0 Å². The molecule has 0 N–H and O–H groups in total. The Morgan fingerprint density at radius 1 is 1.00 bits per heavy atom. The third-order valence-corrected chi connectivity index (χ3v) is 6.85. The van der Waals surface area contributed by atoms with E-state index in [0.29, 0.717) is 33.7 Å². The fraction of sp³-hybridized carbons (Fsp3) is 0.154. The number of amides is 2. The highest BCUT2D eigenvalue weighted by atomic mass is 35.5. The second-order valence-electron chi connectivity index (χ2n) is 7.82. The Hall–Kier alpha value is -3.53. The average Bonchev–Trinajstić information content (AvgIpc) is 3.12. The van der Waals surface area contributed by atoms with Crippen molar-refractivity contribution in [1.82, 2.24) is 4.90 Å². The van der Waals surface area contributed by atoms with Crippen LogP contribution in [0.3, 0.4) is 0 Å². The summed E-state index contributed by atoms with van der Waals surface area (Å²) in [6.07, 6.45) is 1.58. The van der Waals surface area contributed by atoms with Gasteiger partial charge in [-0.2, -0.15) is 0 Å². The van der Waals surface area contributed by atoms with Crippen molar-refractivity contribution >= 4 is 57.9 Å². The molecule has 190 valence electrons. The minimum atomic E-state index is -0.538. The van der Waals surface area contributed by atoms with E-state index in [0.717, 1.165) is 22.2 Å². The zero-order valence-electron chi connectivity index (χ0n) is 19.5. The number of hydrogen-bond acceptors (Lipinski definition) is 7. The summed E-state index contributed by atoms with van der Waals surface area (Å²) in [5.41, 5.74) is 1.50. The Labute approximate surface area is 226 Å². The highest BCUT2D eigenvalue weighted by molar-refractivity contribution is 8.18. The Balaban J connectivity index is 1.53. The van der Waals surface area contributed by atoms with Gasteiger partial charge in [0.05, 0.1) is 23.0 Å². The summed E-state index contributed by atoms with van der Waals surface area (Å²) < 4.78 is 11.6. The molecule has 1 fully saturated rings. The molecule has 0 atom stereocenters. The number of nitro benzene ring substituents is 1. The van der Waals surface area contributed by atoms with E-state index in [1.165, 1.54) is 18.2 Å². The molecule has 8 nitrogen and oxygen atoms in total. The Kier molecular flexibility index (Phi) is 8.38. The Morgan fingerprint density at radius 3 is 2.51 bits per heavy atom. The maximum absolute atomic E-state index is 13.0. The van der Waals surface area contributed by atoms with Crippen molar-refractivity contribution in [3.8, 4) is 11.5 Å². The summed E-state index contributed by atoms with van der Waals surface area (Å²) in [7, 11) is 0. The second kappa shape index (κ2) is 11.7. The van der Waals surface area contributed by atoms with Gasteiger partial charge in [0.15, 0.2) is 11.5 Å². The number of benzene rings is 3. The fourth-order valence-electron chi connectivity index (χ4n) is 3.58. The normalized spacial score (nSPS) is 14.4. The van der Waals surface area contributed by atoms with Gasteiger partial charge in [-0.1, -0.05) is 53.5 Å². The first-order chi connectivity index (χ1) is 17.8. The lowest BCUT2D eigenvalue weighted by atomic mass is 10.1. The third-order valence-electron chi connectivity index (χ3n) is 5.35. The molecule has 0 saturated carbocycles. The molecule has 1 heterocycles. The van der Waals surface area contributed by atoms with Crippen LogP contribution in [0, 0.1) is 10.1 Å². The molecule has 0 bridgehead atoms. The molecule has 0 radical (unpaired) electrons. The quantitative estimate of drug-likeness (QED) is 0.156. The first-order valence-corrected chi connectivity index (χ1v) is 12.6. The summed E-state index contributed by atoms with van der Waals surface area (Å²) in [6.45, 7) is 2.22. The molecule has 1 aliphatic heterocycles. The van der Waals surface area contributed by atoms with Crippen LogP contribution in [0.5, 0.6) is 11.5 Å². The molecule has 3 aromatic rings. The van der Waals surface area contributed by atoms with Crippen molar-refractivity contribution < 1.29 is 24.0 Å². The van der Waals surface area contributed by atoms with Gasteiger partial charge in [0.2, 0.25) is 0 Å². The van der Waals surface area contributed by atoms with Gasteiger partial charge < -0.3 is 9.47 Å². The zero-order valence-corrected chi connectivity index (χ0v) is 21.8. The molecule has 0 unspecified atom stereocenters. The molecule has 11 heteroatoms. The topological polar surface area (TPSA) is 99.0 Å². The third kappa shape index (κ3) is 6.25. The van der Waals surface area contributed by atoms with Crippen molar-refractivity contribution in [3.63, 3.8) is 0 Å². The molecular weight excluding hydrogens is 539 g/mol. The van der Waals surface area contributed by atoms with Gasteiger partial charge >= 0.3 is 0 Å². The van der Waals surface area contributed by atoms with Crippen molar-refractivity contribution in [2.75, 3.05) is 6.61 Å². The number of carbonyl (C=O) groups excluding carboxylic acids is 2. The van der Waals surface area contributed by atoms with Crippen molar-refractivity contribution in [3.05, 3.63) is 102 Å². The maximum Gasteiger partial charge on any atom is 0.293 e. The minimum absolute atomic E-state index is 0.151. The number of ether oxygens (including phenoxy) is 2. The summed E-state index contributed by atoms with van der Waals surface area (Å²) in [4.78, 5) is 37.5. The molecule has 3 aromatic carbocycles. The van der Waals surface area contributed by atoms with E-state index in [1.54, 1.807) is 48.5 Å². The first-order valence-electron chi connectivity index (χ1n) is 11.1. The monoisotopic (exact) mass is 558 g/mol. The Morgan fingerprint density at radius 2 is 1.78 bits per heavy atom. The van der Waals surface area contributed by atoms with Crippen LogP contribution in [-0.2, 0) is 17.9 Å². The van der Waals surface area contributed by atoms with E-state index in [1.807, 2.05) is 6.92 Å². The number of imide groups is 1. The van der Waals surface area contributed by atoms with Gasteiger partial charge in [0.25, 0.3) is 16.8 Å². The largest absolute Gasteiger partial charge is 0.490 e. The predicted molar refractivity (Wildman–Crippen MR) is 143 cm³/mol. The van der Waals surface area contributed by atoms with Crippen LogP contribution < -0.4 is 9.47 Å². The van der Waals surface area contributed by atoms with Gasteiger partial charge in [0, 0.05) is 27.2 Å². The van der Waals surface area contributed by atoms with Crippen LogP contribution >= 0.6 is 35.0 Å². The predicted octanol–water partition coefficient (Wildman–Crippen LogP) is 7.12. The number of halogens is 2. The van der Waals surface area contributed by atoms with Crippen molar-refractivity contribution in [2.24, 2.45) is 0 Å². The molecular formula is C26H20Cl2N2O6S. The number of nitrogens with zero attached hydrogens (tertiary/aromatic N) is 2. The molecule has 1 saturated heterocycles. The summed E-state index contributed by atoms with van der Waals surface area (Å²) in [5, 5.41) is 11.8. The van der Waals surface area contributed by atoms with Gasteiger partial charge in [-0.15, -0.1) is 0 Å². The van der Waals surface area contributed by atoms with E-state index in [9.17, 15) is 19.7 Å². The van der Waals surface area contributed by atoms with Crippen LogP contribution in [0.25, 0.3) is 6.08 Å². The average molecular weight is 559 g/mol. The molecule has 0 aromatic heterocycles. The van der Waals surface area contributed by atoms with E-state index in [4.69, 9.17) is 32.7 Å². The van der Waals surface area contributed by atoms with Gasteiger partial charge in [0.1, 0.15) is 6.61 Å². The smallest absolute Gasteiger partial charge is 0.293 e. The fourth-order valence-corrected chi connectivity index (χ4v) is 4.88. The van der Waals surface area contributed by atoms with Crippen LogP contribution in [0.1, 0.15) is 23.6 Å². The Bertz CT molecular complexity index is 1410. The highest BCUT2D eigenvalue weighted by Gasteiger charge is 2.36. The molecule has 1 aliphatic rings. The number of carbonyl (C=O) groups is 2. The van der Waals surface area contributed by atoms with Crippen molar-refractivity contribution in [2.45, 2.75) is 20.1 Å². The summed E-state index contributed by atoms with van der Waals surface area (Å²) in [5.74, 6) is 0.416. The van der Waals surface area contributed by atoms with E-state index in [-0.39, 0.29) is 29.3 Å². The van der Waals surface area contributed by atoms with Gasteiger partial charge in [-0.3, -0.25) is 24.6 Å². The minimum Gasteiger partial charge on any atom is -0.490 e. The van der Waals surface area contributed by atoms with E-state index < -0.39 is 16.1 Å². The molecule has 4 rings (SSSR count). The van der Waals surface area contributed by atoms with Gasteiger partial charge in [-0.25, -0.2) is 0 Å². The lowest BCUT2D eigenvalue weighted by Gasteiger charge is -2.14. The summed E-state index contributed by atoms with van der Waals surface area (Å²) in [6, 6.07) is 16.3. The van der Waals surface area contributed by atoms with Crippen LogP contribution in [-0.4, -0.2) is 27.6 Å². The lowest BCUT2D eigenvalue weighted by Crippen LogP contribution is -2.27. The standard InChI is InChI=1S/C26H20Cl2N2O6S/c1-2-35-23-11-16(7-10-22(23)36-15-18-8-9-19(27)13-20(18)28)12-24-25(31)29(26(32)37-24)14-17-5-3-4-6-21(17)30(33)34/h3-13H,2,14-15H2,1H3/b24-12-. The summed E-state index contributed by atoms with van der Waals surface area (Å²) >= 11 is 13.0. The number of rotatable bonds is 9. The van der Waals surface area contributed by atoms with E-state index in [2.05, 4.69) is 0 Å². The first kappa shape index (κ1) is 26.5. The molecule has 37 heavy (non-hydrogen) atoms. The molecule has 2 amide bonds. The number of para-hydroxylation sites is 1. The SMILES string of the molecule is CCOc1cc(/C=C2\SC(=O)N(Cc3ccccc3[N+](=O)[O-])C2=O)ccc1OCc1ccc(Cl)cc1Cl.